The first-order chi connectivity index (χ1) is 8.11. The Kier molecular flexibility index (Phi) is 3.24. The number of nitrogens with zero attached hydrogens (tertiary/aromatic N) is 1. The van der Waals surface area contributed by atoms with E-state index < -0.39 is 0 Å². The lowest BCUT2D eigenvalue weighted by Gasteiger charge is -2.08. The Morgan fingerprint density at radius 3 is 3.00 bits per heavy atom. The minimum absolute atomic E-state index is 0.0542. The zero-order valence-corrected chi connectivity index (χ0v) is 10.1. The highest BCUT2D eigenvalue weighted by Crippen LogP contribution is 2.19. The molecule has 0 saturated heterocycles. The Morgan fingerprint density at radius 1 is 1.53 bits per heavy atom. The van der Waals surface area contributed by atoms with Crippen molar-refractivity contribution >= 4 is 16.9 Å². The fourth-order valence-electron chi connectivity index (χ4n) is 1.86. The van der Waals surface area contributed by atoms with E-state index in [1.807, 2.05) is 13.0 Å². The van der Waals surface area contributed by atoms with Crippen LogP contribution in [0.1, 0.15) is 29.6 Å². The number of hydrogen-bond acceptors (Lipinski definition) is 4. The number of benzene rings is 1. The van der Waals surface area contributed by atoms with Crippen molar-refractivity contribution in [3.63, 3.8) is 0 Å². The molecule has 0 radical (unpaired) electrons. The first-order valence-electron chi connectivity index (χ1n) is 5.73. The molecule has 4 nitrogen and oxygen atoms in total. The van der Waals surface area contributed by atoms with Crippen molar-refractivity contribution < 1.29 is 9.21 Å². The predicted molar refractivity (Wildman–Crippen MR) is 65.9 cm³/mol. The zero-order valence-electron chi connectivity index (χ0n) is 10.1. The number of oxazole rings is 1. The number of aryl methyl sites for hydroxylation is 1. The Balaban J connectivity index is 2.32. The molecule has 0 aliphatic rings. The average Bonchev–Trinajstić information content (AvgIpc) is 2.67. The van der Waals surface area contributed by atoms with Gasteiger partial charge in [0.05, 0.1) is 0 Å². The molecule has 0 aliphatic carbocycles. The van der Waals surface area contributed by atoms with Gasteiger partial charge in [0.25, 0.3) is 0 Å². The first kappa shape index (κ1) is 11.8. The zero-order chi connectivity index (χ0) is 12.4. The molecule has 2 rings (SSSR count). The highest BCUT2D eigenvalue weighted by atomic mass is 16.3. The van der Waals surface area contributed by atoms with Crippen molar-refractivity contribution in [1.82, 2.24) is 4.98 Å². The molecule has 17 heavy (non-hydrogen) atoms. The van der Waals surface area contributed by atoms with Crippen LogP contribution in [0, 0.1) is 12.8 Å². The first-order valence-corrected chi connectivity index (χ1v) is 5.73. The summed E-state index contributed by atoms with van der Waals surface area (Å²) in [5, 5.41) is 0. The number of ketones is 1. The van der Waals surface area contributed by atoms with Gasteiger partial charge in [-0.3, -0.25) is 4.79 Å². The smallest absolute Gasteiger partial charge is 0.192 e. The van der Waals surface area contributed by atoms with E-state index in [1.165, 1.54) is 0 Å². The monoisotopic (exact) mass is 232 g/mol. The summed E-state index contributed by atoms with van der Waals surface area (Å²) in [6.45, 7) is 4.21. The van der Waals surface area contributed by atoms with Gasteiger partial charge in [-0.2, -0.15) is 0 Å². The lowest BCUT2D eigenvalue weighted by atomic mass is 9.96. The summed E-state index contributed by atoms with van der Waals surface area (Å²) in [4.78, 5) is 16.3. The lowest BCUT2D eigenvalue weighted by Crippen LogP contribution is -2.15. The fourth-order valence-corrected chi connectivity index (χ4v) is 1.86. The number of carbonyl (C=O) groups excluding carboxylic acids is 1. The van der Waals surface area contributed by atoms with Gasteiger partial charge in [0.15, 0.2) is 17.3 Å². The number of aromatic nitrogens is 1. The molecule has 4 heteroatoms. The largest absolute Gasteiger partial charge is 0.441 e. The maximum Gasteiger partial charge on any atom is 0.192 e. The van der Waals surface area contributed by atoms with E-state index in [4.69, 9.17) is 10.2 Å². The average molecular weight is 232 g/mol. The van der Waals surface area contributed by atoms with Gasteiger partial charge in [0, 0.05) is 18.4 Å². The van der Waals surface area contributed by atoms with Crippen LogP contribution in [0.25, 0.3) is 11.1 Å². The van der Waals surface area contributed by atoms with Crippen LogP contribution in [-0.4, -0.2) is 17.3 Å². The number of nitrogens with two attached hydrogens (primary N) is 1. The van der Waals surface area contributed by atoms with E-state index in [0.717, 1.165) is 5.52 Å². The summed E-state index contributed by atoms with van der Waals surface area (Å²) in [7, 11) is 0. The number of Topliss-reactive ketones (excluding diaryl/α,β-unsaturated/α-hetero) is 1. The van der Waals surface area contributed by atoms with Crippen molar-refractivity contribution in [2.45, 2.75) is 20.3 Å². The van der Waals surface area contributed by atoms with Crippen molar-refractivity contribution in [2.75, 3.05) is 6.54 Å². The maximum absolute atomic E-state index is 12.1. The van der Waals surface area contributed by atoms with Crippen LogP contribution in [0.5, 0.6) is 0 Å². The molecule has 0 spiro atoms. The van der Waals surface area contributed by atoms with Crippen LogP contribution in [0.3, 0.4) is 0 Å². The predicted octanol–water partition coefficient (Wildman–Crippen LogP) is 2.30. The molecule has 0 bridgehead atoms. The third-order valence-corrected chi connectivity index (χ3v) is 2.83. The van der Waals surface area contributed by atoms with Crippen LogP contribution in [-0.2, 0) is 0 Å². The van der Waals surface area contributed by atoms with Crippen molar-refractivity contribution in [1.29, 1.82) is 0 Å². The van der Waals surface area contributed by atoms with Crippen molar-refractivity contribution in [3.05, 3.63) is 29.7 Å². The molecule has 1 heterocycles. The van der Waals surface area contributed by atoms with Crippen LogP contribution in [0.4, 0.5) is 0 Å². The Morgan fingerprint density at radius 2 is 2.29 bits per heavy atom. The summed E-state index contributed by atoms with van der Waals surface area (Å²) < 4.78 is 5.41. The van der Waals surface area contributed by atoms with Crippen LogP contribution in [0.2, 0.25) is 0 Å². The SMILES string of the molecule is Cc1nc2ccc(C(=O)C(C)CCN)cc2o1. The molecule has 0 fully saturated rings. The molecular formula is C13H16N2O2. The van der Waals surface area contributed by atoms with E-state index in [1.54, 1.807) is 19.1 Å². The van der Waals surface area contributed by atoms with E-state index in [2.05, 4.69) is 4.98 Å². The van der Waals surface area contributed by atoms with Gasteiger partial charge in [-0.15, -0.1) is 0 Å². The lowest BCUT2D eigenvalue weighted by molar-refractivity contribution is 0.0925. The van der Waals surface area contributed by atoms with Crippen LogP contribution >= 0.6 is 0 Å². The summed E-state index contributed by atoms with van der Waals surface area (Å²) in [6.07, 6.45) is 0.701. The Labute approximate surface area is 99.8 Å². The molecule has 1 atom stereocenters. The second-order valence-electron chi connectivity index (χ2n) is 4.26. The van der Waals surface area contributed by atoms with Gasteiger partial charge in [-0.1, -0.05) is 6.92 Å². The fraction of sp³-hybridized carbons (Fsp3) is 0.385. The number of hydrogen-bond donors (Lipinski definition) is 1. The maximum atomic E-state index is 12.1. The molecule has 1 aromatic heterocycles. The van der Waals surface area contributed by atoms with Gasteiger partial charge in [0.1, 0.15) is 5.52 Å². The Bertz CT molecular complexity index is 545. The third-order valence-electron chi connectivity index (χ3n) is 2.83. The van der Waals surface area contributed by atoms with Crippen LogP contribution in [0.15, 0.2) is 22.6 Å². The Hall–Kier alpha value is -1.68. The van der Waals surface area contributed by atoms with Gasteiger partial charge in [0.2, 0.25) is 0 Å². The summed E-state index contributed by atoms with van der Waals surface area (Å²) in [6, 6.07) is 5.36. The van der Waals surface area contributed by atoms with Crippen LogP contribution < -0.4 is 5.73 Å². The molecule has 2 N–H and O–H groups in total. The van der Waals surface area contributed by atoms with Gasteiger partial charge >= 0.3 is 0 Å². The highest BCUT2D eigenvalue weighted by Gasteiger charge is 2.15. The molecule has 0 amide bonds. The molecule has 2 aromatic rings. The second kappa shape index (κ2) is 4.67. The number of carbonyl (C=O) groups is 1. The van der Waals surface area contributed by atoms with E-state index in [0.29, 0.717) is 30.0 Å². The van der Waals surface area contributed by atoms with E-state index >= 15 is 0 Å². The van der Waals surface area contributed by atoms with Crippen molar-refractivity contribution in [3.8, 4) is 0 Å². The second-order valence-corrected chi connectivity index (χ2v) is 4.26. The summed E-state index contributed by atoms with van der Waals surface area (Å²) >= 11 is 0. The standard InChI is InChI=1S/C13H16N2O2/c1-8(5-6-14)13(16)10-3-4-11-12(7-10)17-9(2)15-11/h3-4,7-8H,5-6,14H2,1-2H3. The van der Waals surface area contributed by atoms with E-state index in [9.17, 15) is 4.79 Å². The van der Waals surface area contributed by atoms with Crippen molar-refractivity contribution in [2.24, 2.45) is 11.7 Å². The minimum Gasteiger partial charge on any atom is -0.441 e. The minimum atomic E-state index is -0.0542. The topological polar surface area (TPSA) is 69.1 Å². The molecule has 1 unspecified atom stereocenters. The van der Waals surface area contributed by atoms with Gasteiger partial charge < -0.3 is 10.2 Å². The molecule has 0 aliphatic heterocycles. The highest BCUT2D eigenvalue weighted by molar-refractivity contribution is 5.99. The van der Waals surface area contributed by atoms with Gasteiger partial charge in [-0.05, 0) is 31.2 Å². The third kappa shape index (κ3) is 2.36. The normalized spacial score (nSPS) is 12.9. The number of rotatable bonds is 4. The quantitative estimate of drug-likeness (QED) is 0.821. The molecular weight excluding hydrogens is 216 g/mol. The molecule has 90 valence electrons. The van der Waals surface area contributed by atoms with Gasteiger partial charge in [-0.25, -0.2) is 4.98 Å². The molecule has 0 saturated carbocycles. The van der Waals surface area contributed by atoms with E-state index in [-0.39, 0.29) is 11.7 Å². The summed E-state index contributed by atoms with van der Waals surface area (Å²) in [5.41, 5.74) is 7.56. The molecule has 1 aromatic carbocycles. The number of fused-ring (bicyclic) bond motifs is 1. The summed E-state index contributed by atoms with van der Waals surface area (Å²) in [5.74, 6) is 0.660.